The molecule has 0 amide bonds. The standard InChI is InChI=1S/C13H20N3OP/c14-12(11-6-2-1-3-7-11)10-16(15)9-5-4-8-13(17)18/h1-3,6-7,10H,4-5,8-9,14-15,18H2/b12-10-. The molecule has 0 aliphatic rings. The van der Waals surface area contributed by atoms with Crippen LogP contribution in [0.15, 0.2) is 36.5 Å². The molecule has 0 aliphatic heterocycles. The predicted octanol–water partition coefficient (Wildman–Crippen LogP) is 1.69. The molecular formula is C13H20N3OP. The van der Waals surface area contributed by atoms with E-state index in [1.165, 1.54) is 0 Å². The van der Waals surface area contributed by atoms with E-state index in [0.717, 1.165) is 18.4 Å². The average molecular weight is 265 g/mol. The van der Waals surface area contributed by atoms with Crippen LogP contribution in [0, 0.1) is 0 Å². The van der Waals surface area contributed by atoms with Gasteiger partial charge in [-0.2, -0.15) is 0 Å². The van der Waals surface area contributed by atoms with Crippen molar-refractivity contribution in [2.24, 2.45) is 11.6 Å². The van der Waals surface area contributed by atoms with E-state index in [-0.39, 0.29) is 5.52 Å². The largest absolute Gasteiger partial charge is 0.397 e. The van der Waals surface area contributed by atoms with Crippen LogP contribution in [0.25, 0.3) is 5.70 Å². The molecular weight excluding hydrogens is 245 g/mol. The molecule has 0 saturated heterocycles. The third-order valence-electron chi connectivity index (χ3n) is 2.50. The molecule has 4 nitrogen and oxygen atoms in total. The van der Waals surface area contributed by atoms with Crippen LogP contribution in [0.1, 0.15) is 24.8 Å². The Morgan fingerprint density at radius 3 is 2.56 bits per heavy atom. The Hall–Kier alpha value is -1.38. The van der Waals surface area contributed by atoms with Gasteiger partial charge in [-0.1, -0.05) is 39.6 Å². The van der Waals surface area contributed by atoms with E-state index in [2.05, 4.69) is 9.24 Å². The number of nitrogens with two attached hydrogens (primary N) is 2. The van der Waals surface area contributed by atoms with Gasteiger partial charge in [-0.15, -0.1) is 0 Å². The maximum atomic E-state index is 10.7. The maximum Gasteiger partial charge on any atom is 0.148 e. The molecule has 0 bridgehead atoms. The number of carbonyl (C=O) groups excluding carboxylic acids is 1. The molecule has 4 N–H and O–H groups in total. The van der Waals surface area contributed by atoms with Crippen molar-refractivity contribution in [3.8, 4) is 0 Å². The summed E-state index contributed by atoms with van der Waals surface area (Å²) in [7, 11) is 2.18. The lowest BCUT2D eigenvalue weighted by Crippen LogP contribution is -2.27. The first-order chi connectivity index (χ1) is 8.59. The highest BCUT2D eigenvalue weighted by atomic mass is 31.0. The number of rotatable bonds is 7. The van der Waals surface area contributed by atoms with Crippen molar-refractivity contribution in [1.29, 1.82) is 0 Å². The molecule has 1 aromatic carbocycles. The summed E-state index contributed by atoms with van der Waals surface area (Å²) in [6, 6.07) is 9.68. The summed E-state index contributed by atoms with van der Waals surface area (Å²) in [6.45, 7) is 0.686. The van der Waals surface area contributed by atoms with E-state index >= 15 is 0 Å². The second-order valence-electron chi connectivity index (χ2n) is 4.11. The van der Waals surface area contributed by atoms with Crippen LogP contribution in [-0.2, 0) is 4.79 Å². The zero-order valence-corrected chi connectivity index (χ0v) is 11.5. The average Bonchev–Trinajstić information content (AvgIpc) is 2.35. The van der Waals surface area contributed by atoms with Crippen molar-refractivity contribution in [1.82, 2.24) is 5.01 Å². The van der Waals surface area contributed by atoms with Gasteiger partial charge in [0.25, 0.3) is 0 Å². The van der Waals surface area contributed by atoms with Crippen molar-refractivity contribution in [3.63, 3.8) is 0 Å². The Labute approximate surface area is 110 Å². The molecule has 0 heterocycles. The van der Waals surface area contributed by atoms with Crippen LogP contribution >= 0.6 is 9.24 Å². The number of nitrogens with zero attached hydrogens (tertiary/aromatic N) is 1. The second kappa shape index (κ2) is 7.85. The molecule has 0 saturated carbocycles. The van der Waals surface area contributed by atoms with E-state index in [1.54, 1.807) is 11.2 Å². The van der Waals surface area contributed by atoms with Gasteiger partial charge in [-0.3, -0.25) is 4.79 Å². The molecule has 1 aromatic rings. The summed E-state index contributed by atoms with van der Waals surface area (Å²) in [5.74, 6) is 5.82. The zero-order valence-electron chi connectivity index (χ0n) is 10.4. The number of hydrogen-bond acceptors (Lipinski definition) is 4. The fraction of sp³-hybridized carbons (Fsp3) is 0.308. The minimum Gasteiger partial charge on any atom is -0.397 e. The van der Waals surface area contributed by atoms with Crippen LogP contribution in [0.3, 0.4) is 0 Å². The predicted molar refractivity (Wildman–Crippen MR) is 78.1 cm³/mol. The molecule has 1 unspecified atom stereocenters. The minimum atomic E-state index is 0.137. The number of benzene rings is 1. The Morgan fingerprint density at radius 2 is 1.94 bits per heavy atom. The van der Waals surface area contributed by atoms with Crippen LogP contribution in [0.5, 0.6) is 0 Å². The van der Waals surface area contributed by atoms with Crippen LogP contribution < -0.4 is 11.6 Å². The fourth-order valence-electron chi connectivity index (χ4n) is 1.54. The van der Waals surface area contributed by atoms with Gasteiger partial charge in [-0.05, 0) is 18.4 Å². The quantitative estimate of drug-likeness (QED) is 0.340. The molecule has 18 heavy (non-hydrogen) atoms. The first-order valence-corrected chi connectivity index (χ1v) is 6.49. The normalized spacial score (nSPS) is 11.3. The molecule has 1 rings (SSSR count). The Balaban J connectivity index is 2.38. The van der Waals surface area contributed by atoms with Gasteiger partial charge in [0.15, 0.2) is 0 Å². The van der Waals surface area contributed by atoms with Gasteiger partial charge < -0.3 is 10.7 Å². The summed E-state index contributed by atoms with van der Waals surface area (Å²) in [6.07, 6.45) is 4.01. The monoisotopic (exact) mass is 265 g/mol. The van der Waals surface area contributed by atoms with Gasteiger partial charge in [0.05, 0.1) is 5.70 Å². The van der Waals surface area contributed by atoms with Crippen molar-refractivity contribution in [2.45, 2.75) is 19.3 Å². The van der Waals surface area contributed by atoms with E-state index < -0.39 is 0 Å². The fourth-order valence-corrected chi connectivity index (χ4v) is 1.75. The Morgan fingerprint density at radius 1 is 1.28 bits per heavy atom. The molecule has 0 fully saturated rings. The van der Waals surface area contributed by atoms with Gasteiger partial charge in [0.2, 0.25) is 0 Å². The van der Waals surface area contributed by atoms with Gasteiger partial charge in [0.1, 0.15) is 5.52 Å². The first-order valence-electron chi connectivity index (χ1n) is 5.92. The number of hydrogen-bond donors (Lipinski definition) is 2. The summed E-state index contributed by atoms with van der Waals surface area (Å²) < 4.78 is 0. The molecule has 0 aliphatic carbocycles. The van der Waals surface area contributed by atoms with E-state index in [4.69, 9.17) is 11.6 Å². The Kier molecular flexibility index (Phi) is 6.40. The zero-order chi connectivity index (χ0) is 13.4. The summed E-state index contributed by atoms with van der Waals surface area (Å²) in [4.78, 5) is 10.7. The molecule has 0 aromatic heterocycles. The van der Waals surface area contributed by atoms with Crippen LogP contribution in [0.2, 0.25) is 0 Å². The summed E-state index contributed by atoms with van der Waals surface area (Å²) in [5, 5.41) is 1.57. The van der Waals surface area contributed by atoms with Gasteiger partial charge >= 0.3 is 0 Å². The third-order valence-corrected chi connectivity index (χ3v) is 2.79. The van der Waals surface area contributed by atoms with Crippen molar-refractivity contribution in [3.05, 3.63) is 42.1 Å². The topological polar surface area (TPSA) is 72.3 Å². The van der Waals surface area contributed by atoms with Crippen molar-refractivity contribution in [2.75, 3.05) is 6.54 Å². The molecule has 0 spiro atoms. The van der Waals surface area contributed by atoms with E-state index in [9.17, 15) is 4.79 Å². The minimum absolute atomic E-state index is 0.137. The SMILES string of the molecule is N/C(=C\N(N)CCCCC(=O)P)c1ccccc1. The van der Waals surface area contributed by atoms with E-state index in [0.29, 0.717) is 18.7 Å². The lowest BCUT2D eigenvalue weighted by Gasteiger charge is -2.14. The number of hydrazine groups is 1. The van der Waals surface area contributed by atoms with Gasteiger partial charge in [-0.25, -0.2) is 5.84 Å². The number of carbonyl (C=O) groups is 1. The highest BCUT2D eigenvalue weighted by Gasteiger charge is 1.99. The summed E-state index contributed by atoms with van der Waals surface area (Å²) >= 11 is 0. The Bertz CT molecular complexity index is 406. The second-order valence-corrected chi connectivity index (χ2v) is 4.76. The van der Waals surface area contributed by atoms with Crippen LogP contribution in [0.4, 0.5) is 0 Å². The van der Waals surface area contributed by atoms with Crippen LogP contribution in [-0.4, -0.2) is 17.1 Å². The summed E-state index contributed by atoms with van der Waals surface area (Å²) in [5.41, 5.74) is 7.66. The third kappa shape index (κ3) is 5.80. The highest BCUT2D eigenvalue weighted by molar-refractivity contribution is 7.40. The first kappa shape index (κ1) is 14.7. The smallest absolute Gasteiger partial charge is 0.148 e. The molecule has 5 heteroatoms. The van der Waals surface area contributed by atoms with Crippen molar-refractivity contribution < 1.29 is 4.79 Å². The van der Waals surface area contributed by atoms with Crippen molar-refractivity contribution >= 4 is 20.5 Å². The van der Waals surface area contributed by atoms with Gasteiger partial charge in [0, 0.05) is 19.2 Å². The highest BCUT2D eigenvalue weighted by Crippen LogP contribution is 2.08. The number of unbranched alkanes of at least 4 members (excludes halogenated alkanes) is 1. The molecule has 0 radical (unpaired) electrons. The molecule has 1 atom stereocenters. The van der Waals surface area contributed by atoms with E-state index in [1.807, 2.05) is 30.3 Å². The lowest BCUT2D eigenvalue weighted by molar-refractivity contribution is -0.111. The lowest BCUT2D eigenvalue weighted by atomic mass is 10.2. The molecule has 98 valence electrons. The maximum absolute atomic E-state index is 10.7.